The molecule has 1 aromatic heterocycles. The van der Waals surface area contributed by atoms with Crippen molar-refractivity contribution in [2.75, 3.05) is 14.2 Å². The third kappa shape index (κ3) is 4.41. The van der Waals surface area contributed by atoms with Crippen molar-refractivity contribution in [1.29, 1.82) is 0 Å². The number of H-pyrrole nitrogens is 1. The van der Waals surface area contributed by atoms with Gasteiger partial charge in [-0.3, -0.25) is 9.89 Å². The van der Waals surface area contributed by atoms with Crippen LogP contribution in [-0.4, -0.2) is 47.6 Å². The second-order valence-electron chi connectivity index (χ2n) is 5.82. The summed E-state index contributed by atoms with van der Waals surface area (Å²) in [6.07, 6.45) is 1.27. The van der Waals surface area contributed by atoms with Gasteiger partial charge in [-0.05, 0) is 30.3 Å². The fraction of sp³-hybridized carbons (Fsp3) is 0.100. The lowest BCUT2D eigenvalue weighted by Crippen LogP contribution is -2.18. The van der Waals surface area contributed by atoms with Crippen LogP contribution in [-0.2, 0) is 0 Å². The van der Waals surface area contributed by atoms with Crippen molar-refractivity contribution >= 4 is 18.1 Å². The predicted octanol–water partition coefficient (Wildman–Crippen LogP) is 2.56. The molecule has 1 amide bonds. The Morgan fingerprint density at radius 1 is 1.14 bits per heavy atom. The smallest absolute Gasteiger partial charge is 0.336 e. The number of carboxylic acids is 1. The third-order valence-electron chi connectivity index (χ3n) is 4.07. The molecule has 0 bridgehead atoms. The fourth-order valence-corrected chi connectivity index (χ4v) is 2.62. The van der Waals surface area contributed by atoms with E-state index in [4.69, 9.17) is 14.6 Å². The van der Waals surface area contributed by atoms with Crippen molar-refractivity contribution in [3.63, 3.8) is 0 Å². The summed E-state index contributed by atoms with van der Waals surface area (Å²) in [6.45, 7) is 0. The van der Waals surface area contributed by atoms with Crippen LogP contribution in [0.25, 0.3) is 11.3 Å². The summed E-state index contributed by atoms with van der Waals surface area (Å²) in [7, 11) is 3.09. The van der Waals surface area contributed by atoms with Gasteiger partial charge in [0.25, 0.3) is 5.91 Å². The number of hydrazone groups is 1. The maximum atomic E-state index is 12.3. The third-order valence-corrected chi connectivity index (χ3v) is 4.07. The van der Waals surface area contributed by atoms with Gasteiger partial charge >= 0.3 is 5.97 Å². The number of amides is 1. The second kappa shape index (κ2) is 8.70. The maximum absolute atomic E-state index is 12.3. The number of ether oxygens (including phenoxy) is 2. The molecule has 3 aromatic rings. The quantitative estimate of drug-likeness (QED) is 0.418. The van der Waals surface area contributed by atoms with Crippen LogP contribution in [0.2, 0.25) is 0 Å². The maximum Gasteiger partial charge on any atom is 0.336 e. The highest BCUT2D eigenvalue weighted by Crippen LogP contribution is 2.32. The molecule has 0 saturated heterocycles. The molecule has 0 atom stereocenters. The van der Waals surface area contributed by atoms with Crippen LogP contribution in [0.3, 0.4) is 0 Å². The molecule has 0 unspecified atom stereocenters. The highest BCUT2D eigenvalue weighted by atomic mass is 16.5. The van der Waals surface area contributed by atoms with Crippen molar-refractivity contribution in [3.05, 3.63) is 65.4 Å². The van der Waals surface area contributed by atoms with Gasteiger partial charge in [-0.2, -0.15) is 10.2 Å². The van der Waals surface area contributed by atoms with Crippen molar-refractivity contribution in [3.8, 4) is 22.8 Å². The Bertz CT molecular complexity index is 1070. The van der Waals surface area contributed by atoms with Crippen molar-refractivity contribution in [1.82, 2.24) is 15.6 Å². The number of carbonyl (C=O) groups excluding carboxylic acids is 1. The lowest BCUT2D eigenvalue weighted by Gasteiger charge is -2.08. The summed E-state index contributed by atoms with van der Waals surface area (Å²) < 4.78 is 10.5. The molecule has 0 radical (unpaired) electrons. The standard InChI is InChI=1S/C20H18N4O5/c1-28-13-7-8-18(29-2)15(9-13)16-10-17(23-22-16)19(25)24-21-11-12-5-3-4-6-14(12)20(26)27/h3-11H,1-2H3,(H,22,23)(H,24,25)(H,26,27). The van der Waals surface area contributed by atoms with Gasteiger partial charge in [0, 0.05) is 11.1 Å². The van der Waals surface area contributed by atoms with E-state index < -0.39 is 11.9 Å². The molecule has 0 aliphatic carbocycles. The Hall–Kier alpha value is -4.14. The van der Waals surface area contributed by atoms with Gasteiger partial charge in [0.15, 0.2) is 0 Å². The fourth-order valence-electron chi connectivity index (χ4n) is 2.62. The Morgan fingerprint density at radius 2 is 1.93 bits per heavy atom. The number of aromatic nitrogens is 2. The molecule has 2 aromatic carbocycles. The molecule has 0 aliphatic heterocycles. The minimum absolute atomic E-state index is 0.0828. The molecule has 3 rings (SSSR count). The summed E-state index contributed by atoms with van der Waals surface area (Å²) >= 11 is 0. The van der Waals surface area contributed by atoms with E-state index in [0.717, 1.165) is 0 Å². The largest absolute Gasteiger partial charge is 0.497 e. The van der Waals surface area contributed by atoms with Crippen LogP contribution in [0.1, 0.15) is 26.4 Å². The topological polar surface area (TPSA) is 126 Å². The number of hydrogen-bond acceptors (Lipinski definition) is 6. The van der Waals surface area contributed by atoms with Crippen molar-refractivity contribution in [2.24, 2.45) is 5.10 Å². The van der Waals surface area contributed by atoms with Gasteiger partial charge < -0.3 is 14.6 Å². The van der Waals surface area contributed by atoms with Crippen molar-refractivity contribution in [2.45, 2.75) is 0 Å². The van der Waals surface area contributed by atoms with Gasteiger partial charge in [0.2, 0.25) is 0 Å². The number of nitrogens with zero attached hydrogens (tertiary/aromatic N) is 2. The van der Waals surface area contributed by atoms with Crippen LogP contribution in [0.4, 0.5) is 0 Å². The normalized spacial score (nSPS) is 10.7. The first-order valence-electron chi connectivity index (χ1n) is 8.47. The van der Waals surface area contributed by atoms with Crippen molar-refractivity contribution < 1.29 is 24.2 Å². The monoisotopic (exact) mass is 394 g/mol. The number of aromatic carboxylic acids is 1. The van der Waals surface area contributed by atoms with E-state index in [9.17, 15) is 9.59 Å². The number of hydrogen-bond donors (Lipinski definition) is 3. The number of methoxy groups -OCH3 is 2. The van der Waals surface area contributed by atoms with Gasteiger partial charge in [0.1, 0.15) is 17.2 Å². The molecule has 3 N–H and O–H groups in total. The number of aromatic amines is 1. The average Bonchev–Trinajstić information content (AvgIpc) is 3.23. The highest BCUT2D eigenvalue weighted by Gasteiger charge is 2.15. The zero-order valence-corrected chi connectivity index (χ0v) is 15.7. The summed E-state index contributed by atoms with van der Waals surface area (Å²) in [5, 5.41) is 19.8. The number of benzene rings is 2. The van der Waals surface area contributed by atoms with Gasteiger partial charge in [-0.25, -0.2) is 10.2 Å². The molecule has 9 heteroatoms. The minimum atomic E-state index is -1.08. The predicted molar refractivity (Wildman–Crippen MR) is 106 cm³/mol. The van der Waals surface area contributed by atoms with E-state index >= 15 is 0 Å². The van der Waals surface area contributed by atoms with E-state index in [0.29, 0.717) is 28.3 Å². The molecule has 0 spiro atoms. The molecule has 9 nitrogen and oxygen atoms in total. The molecule has 0 fully saturated rings. The first kappa shape index (κ1) is 19.6. The first-order valence-corrected chi connectivity index (χ1v) is 8.47. The lowest BCUT2D eigenvalue weighted by molar-refractivity contribution is 0.0696. The Labute approximate surface area is 166 Å². The molecule has 0 aliphatic rings. The number of carbonyl (C=O) groups is 2. The van der Waals surface area contributed by atoms with Crippen LogP contribution < -0.4 is 14.9 Å². The Morgan fingerprint density at radius 3 is 2.66 bits per heavy atom. The van der Waals surface area contributed by atoms with E-state index in [1.807, 2.05) is 0 Å². The molecular weight excluding hydrogens is 376 g/mol. The van der Waals surface area contributed by atoms with E-state index in [-0.39, 0.29) is 11.3 Å². The zero-order chi connectivity index (χ0) is 20.8. The molecule has 29 heavy (non-hydrogen) atoms. The number of rotatable bonds is 7. The van der Waals surface area contributed by atoms with Crippen LogP contribution in [0.15, 0.2) is 53.6 Å². The van der Waals surface area contributed by atoms with Crippen LogP contribution in [0, 0.1) is 0 Å². The first-order chi connectivity index (χ1) is 14.0. The number of carboxylic acid groups (broad SMARTS) is 1. The van der Waals surface area contributed by atoms with E-state index in [2.05, 4.69) is 20.7 Å². The average molecular weight is 394 g/mol. The number of nitrogens with one attached hydrogen (secondary N) is 2. The van der Waals surface area contributed by atoms with Gasteiger partial charge in [-0.15, -0.1) is 0 Å². The highest BCUT2D eigenvalue weighted by molar-refractivity contribution is 5.99. The Balaban J connectivity index is 1.76. The van der Waals surface area contributed by atoms with E-state index in [1.165, 1.54) is 19.4 Å². The summed E-state index contributed by atoms with van der Waals surface area (Å²) in [5.41, 5.74) is 4.11. The van der Waals surface area contributed by atoms with Gasteiger partial charge in [0.05, 0.1) is 31.7 Å². The summed E-state index contributed by atoms with van der Waals surface area (Å²) in [4.78, 5) is 23.5. The van der Waals surface area contributed by atoms with E-state index in [1.54, 1.807) is 49.6 Å². The second-order valence-corrected chi connectivity index (χ2v) is 5.82. The van der Waals surface area contributed by atoms with Gasteiger partial charge in [-0.1, -0.05) is 18.2 Å². The van der Waals surface area contributed by atoms with Crippen LogP contribution >= 0.6 is 0 Å². The lowest BCUT2D eigenvalue weighted by atomic mass is 10.1. The zero-order valence-electron chi connectivity index (χ0n) is 15.7. The SMILES string of the molecule is COc1ccc(OC)c(-c2cc(C(=O)NN=Cc3ccccc3C(=O)O)[nH]n2)c1. The summed E-state index contributed by atoms with van der Waals surface area (Å²) in [5.74, 6) is -0.414. The molecule has 0 saturated carbocycles. The molecular formula is C20H18N4O5. The summed E-state index contributed by atoms with van der Waals surface area (Å²) in [6, 6.07) is 13.1. The van der Waals surface area contributed by atoms with Crippen LogP contribution in [0.5, 0.6) is 11.5 Å². The molecule has 148 valence electrons. The minimum Gasteiger partial charge on any atom is -0.497 e. The Kier molecular flexibility index (Phi) is 5.88. The molecule has 1 heterocycles.